The number of ether oxygens (including phenoxy) is 3. The predicted molar refractivity (Wildman–Crippen MR) is 479 cm³/mol. The molecule has 0 aromatic heterocycles. The summed E-state index contributed by atoms with van der Waals surface area (Å²) >= 11 is 35.9. The summed E-state index contributed by atoms with van der Waals surface area (Å²) in [5, 5.41) is 11.5. The van der Waals surface area contributed by atoms with Crippen molar-refractivity contribution in [1.29, 1.82) is 0 Å². The number of Topliss-reactive ketones (excluding diaryl/α,β-unsaturated/α-hetero) is 1. The Morgan fingerprint density at radius 2 is 0.905 bits per heavy atom. The molecule has 7 aromatic carbocycles. The smallest absolute Gasteiger partial charge is 0.262 e. The van der Waals surface area contributed by atoms with E-state index in [-0.39, 0.29) is 52.0 Å². The fourth-order valence-corrected chi connectivity index (χ4v) is 24.1. The van der Waals surface area contributed by atoms with Crippen molar-refractivity contribution in [3.05, 3.63) is 244 Å². The zero-order valence-corrected chi connectivity index (χ0v) is 73.8. The molecule has 6 spiro atoms. The maximum absolute atomic E-state index is 15.3. The molecular weight excluding hydrogens is 1630 g/mol. The Morgan fingerprint density at radius 1 is 0.509 bits per heavy atom. The fourth-order valence-electron chi connectivity index (χ4n) is 21.1. The third-order valence-electron chi connectivity index (χ3n) is 28.2. The zero-order chi connectivity index (χ0) is 81.2. The summed E-state index contributed by atoms with van der Waals surface area (Å²) in [4.78, 5) is 55.5. The van der Waals surface area contributed by atoms with E-state index in [2.05, 4.69) is 99.0 Å². The van der Waals surface area contributed by atoms with E-state index in [9.17, 15) is 9.59 Å². The molecule has 6 N–H and O–H groups in total. The highest BCUT2D eigenvalue weighted by Gasteiger charge is 2.69. The first kappa shape index (κ1) is 85.0. The normalized spacial score (nSPS) is 28.3. The molecule has 7 fully saturated rings. The summed E-state index contributed by atoms with van der Waals surface area (Å²) in [5.74, 6) is 3.60. The minimum atomic E-state index is -0.956. The third kappa shape index (κ3) is 16.8. The van der Waals surface area contributed by atoms with Gasteiger partial charge in [0.2, 0.25) is 0 Å². The van der Waals surface area contributed by atoms with Crippen LogP contribution in [0, 0.1) is 39.9 Å². The van der Waals surface area contributed by atoms with Gasteiger partial charge in [-0.05, 0) is 275 Å². The lowest BCUT2D eigenvalue weighted by Gasteiger charge is -2.46. The van der Waals surface area contributed by atoms with Crippen LogP contribution in [0.4, 0.5) is 0 Å². The SMILES string of the molecule is CN.COC1CCC2(CC1)Cc1ccc(CCC3CC3)cc1C21N=C(N)N(Cc2ccccc2Cl)C1=O.COC1CCC2(CC1)Cc1ccc(CCC3CC3)cc1C21N=C(SCc2ccccc2Cl)C(Cc2ccccc2Cl)C1=O.COC1CCC2(CC1)Cc1ccc(CCC3CC3)cc1C21NC(=S)NC1=O.Clc1ccccc1CBr. The largest absolute Gasteiger partial charge is 0.381 e. The van der Waals surface area contributed by atoms with E-state index in [1.165, 1.54) is 109 Å². The molecule has 4 unspecified atom stereocenters. The molecule has 20 heteroatoms. The van der Waals surface area contributed by atoms with Crippen molar-refractivity contribution in [3.63, 3.8) is 0 Å². The number of alkyl halides is 1. The first-order chi connectivity index (χ1) is 56.3. The number of guanidine groups is 1. The van der Waals surface area contributed by atoms with Gasteiger partial charge in [0.15, 0.2) is 33.5 Å². The molecular formula is C96H112BrCl4N7O6S2. The molecule has 7 aromatic rings. The number of ketones is 1. The van der Waals surface area contributed by atoms with Crippen LogP contribution in [0.3, 0.4) is 0 Å². The molecule has 3 aliphatic heterocycles. The summed E-state index contributed by atoms with van der Waals surface area (Å²) in [5.41, 5.74) is 23.3. The van der Waals surface area contributed by atoms with E-state index in [1.807, 2.05) is 92.0 Å². The van der Waals surface area contributed by atoms with Gasteiger partial charge in [0.1, 0.15) is 0 Å². The number of aryl methyl sites for hydroxylation is 3. The second-order valence-corrected chi connectivity index (χ2v) is 38.5. The molecule has 116 heavy (non-hydrogen) atoms. The molecule has 6 saturated carbocycles. The number of fused-ring (bicyclic) bond motifs is 9. The van der Waals surface area contributed by atoms with Gasteiger partial charge in [-0.25, -0.2) is 4.99 Å². The van der Waals surface area contributed by atoms with Crippen molar-refractivity contribution in [1.82, 2.24) is 15.5 Å². The number of aliphatic imine (C=N–C) groups is 2. The van der Waals surface area contributed by atoms with Crippen molar-refractivity contribution in [2.45, 2.75) is 232 Å². The van der Waals surface area contributed by atoms with Gasteiger partial charge in [-0.15, -0.1) is 11.8 Å². The molecule has 0 bridgehead atoms. The minimum Gasteiger partial charge on any atom is -0.381 e. The number of benzene rings is 7. The molecule has 13 nitrogen and oxygen atoms in total. The lowest BCUT2D eigenvalue weighted by atomic mass is 9.59. The van der Waals surface area contributed by atoms with Gasteiger partial charge < -0.3 is 36.3 Å². The van der Waals surface area contributed by atoms with Crippen LogP contribution in [0.25, 0.3) is 0 Å². The maximum atomic E-state index is 15.3. The lowest BCUT2D eigenvalue weighted by Crippen LogP contribution is -2.56. The first-order valence-corrected chi connectivity index (χ1v) is 46.4. The number of hydrogen-bond donors (Lipinski definition) is 4. The maximum Gasteiger partial charge on any atom is 0.262 e. The first-order valence-electron chi connectivity index (χ1n) is 42.4. The second-order valence-electron chi connectivity index (χ2n) is 34.9. The van der Waals surface area contributed by atoms with Crippen LogP contribution in [0.1, 0.15) is 207 Å². The van der Waals surface area contributed by atoms with Gasteiger partial charge >= 0.3 is 0 Å². The molecule has 0 radical (unpaired) electrons. The number of nitrogens with zero attached hydrogens (tertiary/aromatic N) is 3. The van der Waals surface area contributed by atoms with Crippen LogP contribution in [0.5, 0.6) is 0 Å². The van der Waals surface area contributed by atoms with Crippen molar-refractivity contribution >= 4 is 120 Å². The number of halogens is 5. The minimum absolute atomic E-state index is 0.00359. The topological polar surface area (TPSA) is 183 Å². The molecule has 4 atom stereocenters. The third-order valence-corrected chi connectivity index (χ3v) is 31.7. The molecule has 2 amide bonds. The Balaban J connectivity index is 0.000000131. The molecule has 1 saturated heterocycles. The number of rotatable bonds is 19. The molecule has 9 aliphatic carbocycles. The number of carbonyl (C=O) groups excluding carboxylic acids is 3. The van der Waals surface area contributed by atoms with Crippen molar-refractivity contribution in [3.8, 4) is 0 Å². The number of hydrogen-bond acceptors (Lipinski definition) is 12. The number of methoxy groups -OCH3 is 3. The molecule has 614 valence electrons. The standard InChI is InChI=1S/C37H39Cl2NO2S.C29H34ClN3O2.C22H28N2O2S.C7H6BrCl.CH5N/c1-42-29-16-18-36(19-17-29)22-27-15-14-25(13-12-24-10-11-24)20-31(27)37(36)34(41)30(21-26-6-2-4-8-32(26)38)35(40-37)43-23-28-7-3-5-9-33(28)39;1-35-23-12-14-28(15-13-23)17-21-11-10-20(9-8-19-6-7-19)16-24(21)29(28)26(34)33(27(31)32-29)18-22-4-2-3-5-25(22)30;1-26-17-8-10-21(11-9-17)13-16-7-6-15(5-4-14-2-3-14)12-18(16)22(21)19(25)23-20(27)24-22;8-5-6-3-1-2-4-7(6)9;1-2/h2-9,14-15,20,24,29-30H,10-13,16-19,21-23H2,1H3;2-5,10-11,16,19,23H,6-9,12-15,17-18H2,1H3,(H2,31,32);6-7,12,14,17H,2-5,8-11,13H2,1H3,(H2,23,24,25,27);1-4H,5H2;2H2,1H3. The second kappa shape index (κ2) is 36.4. The number of thiocarbonyl (C=S) groups is 1. The lowest BCUT2D eigenvalue weighted by molar-refractivity contribution is -0.138. The highest BCUT2D eigenvalue weighted by atomic mass is 79.9. The van der Waals surface area contributed by atoms with Gasteiger partial charge in [-0.3, -0.25) is 24.3 Å². The van der Waals surface area contributed by atoms with E-state index in [0.717, 1.165) is 182 Å². The molecule has 19 rings (SSSR count). The van der Waals surface area contributed by atoms with Gasteiger partial charge in [0, 0.05) is 68.7 Å². The quantitative estimate of drug-likeness (QED) is 0.0446. The van der Waals surface area contributed by atoms with Crippen molar-refractivity contribution < 1.29 is 28.6 Å². The Labute approximate surface area is 724 Å². The van der Waals surface area contributed by atoms with Crippen molar-refractivity contribution in [2.75, 3.05) is 28.4 Å². The number of amides is 2. The molecule has 12 aliphatic rings. The number of carbonyl (C=O) groups is 3. The van der Waals surface area contributed by atoms with Crippen LogP contribution in [0.2, 0.25) is 20.1 Å². The van der Waals surface area contributed by atoms with E-state index in [4.69, 9.17) is 88.6 Å². The summed E-state index contributed by atoms with van der Waals surface area (Å²) in [6.07, 6.45) is 30.7. The Kier molecular flexibility index (Phi) is 26.6. The Morgan fingerprint density at radius 3 is 1.33 bits per heavy atom. The van der Waals surface area contributed by atoms with E-state index >= 15 is 4.79 Å². The average Bonchev–Trinajstić information content (AvgIpc) is 1.53. The van der Waals surface area contributed by atoms with E-state index in [1.54, 1.807) is 30.9 Å². The van der Waals surface area contributed by atoms with Crippen LogP contribution >= 0.6 is 86.3 Å². The van der Waals surface area contributed by atoms with E-state index < -0.39 is 16.6 Å². The van der Waals surface area contributed by atoms with Crippen LogP contribution in [0.15, 0.2) is 162 Å². The average molecular weight is 1750 g/mol. The van der Waals surface area contributed by atoms with Gasteiger partial charge in [-0.2, -0.15) is 0 Å². The highest BCUT2D eigenvalue weighted by molar-refractivity contribution is 9.08. The van der Waals surface area contributed by atoms with Crippen molar-refractivity contribution in [2.24, 2.45) is 61.4 Å². The Hall–Kier alpha value is -5.99. The predicted octanol–water partition coefficient (Wildman–Crippen LogP) is 21.0. The highest BCUT2D eigenvalue weighted by Crippen LogP contribution is 2.66. The summed E-state index contributed by atoms with van der Waals surface area (Å²) < 4.78 is 17.1. The summed E-state index contributed by atoms with van der Waals surface area (Å²) in [7, 11) is 6.90. The van der Waals surface area contributed by atoms with Crippen LogP contribution < -0.4 is 22.1 Å². The van der Waals surface area contributed by atoms with Gasteiger partial charge in [0.05, 0.1) is 35.8 Å². The summed E-state index contributed by atoms with van der Waals surface area (Å²) in [6, 6.07) is 52.0. The fraction of sp³-hybridized carbons (Fsp3) is 0.500. The van der Waals surface area contributed by atoms with Crippen LogP contribution in [-0.2, 0) is 108 Å². The Bertz CT molecular complexity index is 4830. The van der Waals surface area contributed by atoms with E-state index in [0.29, 0.717) is 45.9 Å². The zero-order valence-electron chi connectivity index (χ0n) is 67.5. The monoisotopic (exact) mass is 1740 g/mol. The number of thioether (sulfide) groups is 1. The number of nitrogens with one attached hydrogen (secondary N) is 2. The number of nitrogens with two attached hydrogens (primary N) is 2. The van der Waals surface area contributed by atoms with Gasteiger partial charge in [-0.1, -0.05) is 228 Å². The van der Waals surface area contributed by atoms with Crippen LogP contribution in [-0.4, -0.2) is 85.3 Å². The molecule has 3 heterocycles. The van der Waals surface area contributed by atoms with Gasteiger partial charge in [0.25, 0.3) is 11.8 Å². The summed E-state index contributed by atoms with van der Waals surface area (Å²) in [6.45, 7) is 0.336.